The molecule has 0 atom stereocenters. The highest BCUT2D eigenvalue weighted by Gasteiger charge is 2.23. The minimum Gasteiger partial charge on any atom is -0.343 e. The number of H-pyrrole nitrogens is 1. The average Bonchev–Trinajstić information content (AvgIpc) is 3.54. The third-order valence-corrected chi connectivity index (χ3v) is 6.57. The third-order valence-electron chi connectivity index (χ3n) is 6.57. The van der Waals surface area contributed by atoms with Crippen molar-refractivity contribution in [3.8, 4) is 17.2 Å². The number of aromatic nitrogens is 4. The van der Waals surface area contributed by atoms with Crippen LogP contribution >= 0.6 is 0 Å². The van der Waals surface area contributed by atoms with Gasteiger partial charge in [0, 0.05) is 61.2 Å². The van der Waals surface area contributed by atoms with Crippen LogP contribution in [0.5, 0.6) is 0 Å². The summed E-state index contributed by atoms with van der Waals surface area (Å²) in [6, 6.07) is 13.9. The summed E-state index contributed by atoms with van der Waals surface area (Å²) >= 11 is 0. The lowest BCUT2D eigenvalue weighted by molar-refractivity contribution is -0.132. The summed E-state index contributed by atoms with van der Waals surface area (Å²) in [6.45, 7) is 2.55. The van der Waals surface area contributed by atoms with Crippen molar-refractivity contribution in [1.29, 1.82) is 5.26 Å². The van der Waals surface area contributed by atoms with Gasteiger partial charge in [0.05, 0.1) is 17.8 Å². The molecule has 1 fully saturated rings. The van der Waals surface area contributed by atoms with Crippen LogP contribution in [-0.4, -0.2) is 43.6 Å². The van der Waals surface area contributed by atoms with E-state index < -0.39 is 0 Å². The predicted octanol–water partition coefficient (Wildman–Crippen LogP) is 4.17. The Balaban J connectivity index is 1.14. The van der Waals surface area contributed by atoms with Crippen molar-refractivity contribution in [1.82, 2.24) is 24.6 Å². The van der Waals surface area contributed by atoms with E-state index in [0.29, 0.717) is 24.3 Å². The summed E-state index contributed by atoms with van der Waals surface area (Å²) in [6.07, 6.45) is 10.9. The molecule has 4 aromatic rings. The first-order valence-electron chi connectivity index (χ1n) is 11.4. The van der Waals surface area contributed by atoms with Crippen LogP contribution in [0.1, 0.15) is 30.4 Å². The van der Waals surface area contributed by atoms with Crippen LogP contribution in [0.4, 0.5) is 0 Å². The molecule has 0 saturated carbocycles. The normalized spacial score (nSPS) is 14.5. The number of rotatable bonds is 6. The highest BCUT2D eigenvalue weighted by Crippen LogP contribution is 2.25. The monoisotopic (exact) mass is 438 g/mol. The maximum Gasteiger partial charge on any atom is 0.222 e. The maximum atomic E-state index is 12.7. The van der Waals surface area contributed by atoms with Crippen LogP contribution in [0.25, 0.3) is 22.2 Å². The summed E-state index contributed by atoms with van der Waals surface area (Å²) < 4.78 is 2.24. The Morgan fingerprint density at radius 2 is 1.94 bits per heavy atom. The molecular formula is C26H26N6O. The topological polar surface area (TPSA) is 90.6 Å². The highest BCUT2D eigenvalue weighted by atomic mass is 16.2. The zero-order chi connectivity index (χ0) is 22.6. The number of pyridine rings is 1. The van der Waals surface area contributed by atoms with E-state index in [2.05, 4.69) is 39.2 Å². The molecule has 0 spiro atoms. The number of nitrogens with zero attached hydrogens (tertiary/aromatic N) is 5. The van der Waals surface area contributed by atoms with Crippen LogP contribution in [0, 0.1) is 17.2 Å². The van der Waals surface area contributed by atoms with E-state index in [1.54, 1.807) is 6.20 Å². The molecule has 166 valence electrons. The number of likely N-dealkylation sites (tertiary alicyclic amines) is 1. The fourth-order valence-electron chi connectivity index (χ4n) is 4.59. The van der Waals surface area contributed by atoms with Gasteiger partial charge < -0.3 is 9.47 Å². The molecule has 1 aliphatic rings. The second kappa shape index (κ2) is 9.29. The molecule has 3 aromatic heterocycles. The second-order valence-corrected chi connectivity index (χ2v) is 8.72. The fraction of sp³-hybridized carbons (Fsp3) is 0.308. The van der Waals surface area contributed by atoms with Gasteiger partial charge in [0.15, 0.2) is 0 Å². The molecule has 0 radical (unpaired) electrons. The summed E-state index contributed by atoms with van der Waals surface area (Å²) in [5.41, 5.74) is 4.84. The molecule has 0 aliphatic carbocycles. The number of aromatic amines is 1. The largest absolute Gasteiger partial charge is 0.343 e. The van der Waals surface area contributed by atoms with Gasteiger partial charge in [-0.1, -0.05) is 12.1 Å². The van der Waals surface area contributed by atoms with Crippen molar-refractivity contribution in [3.05, 3.63) is 72.3 Å². The Kier molecular flexibility index (Phi) is 5.90. The van der Waals surface area contributed by atoms with Gasteiger partial charge in [0.1, 0.15) is 5.65 Å². The van der Waals surface area contributed by atoms with Crippen molar-refractivity contribution in [3.63, 3.8) is 0 Å². The third kappa shape index (κ3) is 4.65. The number of piperidine rings is 1. The van der Waals surface area contributed by atoms with Crippen molar-refractivity contribution in [2.75, 3.05) is 13.1 Å². The van der Waals surface area contributed by atoms with Gasteiger partial charge in [-0.05, 0) is 55.0 Å². The first-order chi connectivity index (χ1) is 16.2. The van der Waals surface area contributed by atoms with Crippen LogP contribution in [0.15, 0.2) is 61.2 Å². The second-order valence-electron chi connectivity index (χ2n) is 8.72. The van der Waals surface area contributed by atoms with Gasteiger partial charge >= 0.3 is 0 Å². The molecular weight excluding hydrogens is 412 g/mol. The van der Waals surface area contributed by atoms with Gasteiger partial charge in [0.25, 0.3) is 0 Å². The SMILES string of the molecule is N#Cc1ccc(CCC(=O)N2CCC(Cn3ccc4cc(-c5cn[nH]c5)cnc43)CC2)cc1. The summed E-state index contributed by atoms with van der Waals surface area (Å²) in [4.78, 5) is 19.4. The van der Waals surface area contributed by atoms with E-state index in [1.807, 2.05) is 41.6 Å². The number of nitriles is 1. The van der Waals surface area contributed by atoms with Crippen molar-refractivity contribution >= 4 is 16.9 Å². The van der Waals surface area contributed by atoms with E-state index in [0.717, 1.165) is 60.2 Å². The number of hydrogen-bond donors (Lipinski definition) is 1. The number of carbonyl (C=O) groups excluding carboxylic acids is 1. The van der Waals surface area contributed by atoms with Gasteiger partial charge in [-0.3, -0.25) is 9.89 Å². The summed E-state index contributed by atoms with van der Waals surface area (Å²) in [5, 5.41) is 16.9. The Labute approximate surface area is 192 Å². The lowest BCUT2D eigenvalue weighted by Gasteiger charge is -2.32. The van der Waals surface area contributed by atoms with Gasteiger partial charge in [0.2, 0.25) is 5.91 Å². The molecule has 1 aromatic carbocycles. The Morgan fingerprint density at radius 3 is 2.67 bits per heavy atom. The Hall–Kier alpha value is -3.92. The quantitative estimate of drug-likeness (QED) is 0.489. The number of fused-ring (bicyclic) bond motifs is 1. The minimum atomic E-state index is 0.220. The molecule has 1 amide bonds. The van der Waals surface area contributed by atoms with Gasteiger partial charge in [-0.15, -0.1) is 0 Å². The smallest absolute Gasteiger partial charge is 0.222 e. The Morgan fingerprint density at radius 1 is 1.12 bits per heavy atom. The zero-order valence-electron chi connectivity index (χ0n) is 18.4. The maximum absolute atomic E-state index is 12.7. The van der Waals surface area contributed by atoms with E-state index in [-0.39, 0.29) is 5.91 Å². The van der Waals surface area contributed by atoms with Crippen LogP contribution in [0.3, 0.4) is 0 Å². The molecule has 0 unspecified atom stereocenters. The molecule has 1 saturated heterocycles. The molecule has 33 heavy (non-hydrogen) atoms. The van der Waals surface area contributed by atoms with Gasteiger partial charge in [-0.25, -0.2) is 4.98 Å². The molecule has 1 aliphatic heterocycles. The number of carbonyl (C=O) groups is 1. The van der Waals surface area contributed by atoms with Crippen LogP contribution in [-0.2, 0) is 17.8 Å². The first kappa shape index (κ1) is 21.0. The zero-order valence-corrected chi connectivity index (χ0v) is 18.4. The molecule has 7 nitrogen and oxygen atoms in total. The molecule has 0 bridgehead atoms. The standard InChI is InChI=1S/C26H26N6O/c27-14-20-3-1-19(2-4-20)5-6-25(33)31-10-7-21(8-11-31)18-32-12-9-22-13-23(15-28-26(22)32)24-16-29-30-17-24/h1-4,9,12-13,15-17,21H,5-8,10-11,18H2,(H,29,30). The number of amides is 1. The average molecular weight is 439 g/mol. The Bertz CT molecular complexity index is 1270. The predicted molar refractivity (Wildman–Crippen MR) is 126 cm³/mol. The van der Waals surface area contributed by atoms with E-state index >= 15 is 0 Å². The van der Waals surface area contributed by atoms with E-state index in [4.69, 9.17) is 10.2 Å². The molecule has 7 heteroatoms. The first-order valence-corrected chi connectivity index (χ1v) is 11.4. The van der Waals surface area contributed by atoms with E-state index in [1.165, 1.54) is 0 Å². The number of aryl methyl sites for hydroxylation is 1. The lowest BCUT2D eigenvalue weighted by Crippen LogP contribution is -2.39. The molecule has 5 rings (SSSR count). The number of benzene rings is 1. The summed E-state index contributed by atoms with van der Waals surface area (Å²) in [7, 11) is 0. The fourth-order valence-corrected chi connectivity index (χ4v) is 4.59. The van der Waals surface area contributed by atoms with Gasteiger partial charge in [-0.2, -0.15) is 10.4 Å². The minimum absolute atomic E-state index is 0.220. The van der Waals surface area contributed by atoms with Crippen molar-refractivity contribution < 1.29 is 4.79 Å². The number of nitrogens with one attached hydrogen (secondary N) is 1. The van der Waals surface area contributed by atoms with Crippen LogP contribution in [0.2, 0.25) is 0 Å². The highest BCUT2D eigenvalue weighted by molar-refractivity contribution is 5.81. The van der Waals surface area contributed by atoms with Crippen molar-refractivity contribution in [2.45, 2.75) is 32.2 Å². The number of hydrogen-bond acceptors (Lipinski definition) is 4. The molecule has 4 heterocycles. The van der Waals surface area contributed by atoms with Crippen molar-refractivity contribution in [2.24, 2.45) is 5.92 Å². The molecule has 1 N–H and O–H groups in total. The van der Waals surface area contributed by atoms with Crippen LogP contribution < -0.4 is 0 Å². The lowest BCUT2D eigenvalue weighted by atomic mass is 9.96. The van der Waals surface area contributed by atoms with E-state index in [9.17, 15) is 4.79 Å². The summed E-state index contributed by atoms with van der Waals surface area (Å²) in [5.74, 6) is 0.760.